The number of alkyl halides is 8. The Labute approximate surface area is 483 Å². The number of carbonyl (C=O) groups excluding carboxylic acids is 2. The first-order valence-corrected chi connectivity index (χ1v) is 29.7. The van der Waals surface area contributed by atoms with Crippen molar-refractivity contribution >= 4 is 69.2 Å². The average Bonchev–Trinajstić information content (AvgIpc) is 1.53. The van der Waals surface area contributed by atoms with E-state index in [1.165, 1.54) is 39.8 Å². The molecular weight excluding hydrogens is 1240 g/mol. The van der Waals surface area contributed by atoms with Gasteiger partial charge in [-0.15, -0.1) is 0 Å². The fourth-order valence-corrected chi connectivity index (χ4v) is 11.6. The van der Waals surface area contributed by atoms with Gasteiger partial charge < -0.3 is 14.9 Å². The van der Waals surface area contributed by atoms with Crippen LogP contribution >= 0.6 is 19.4 Å². The van der Waals surface area contributed by atoms with E-state index in [1.807, 2.05) is 0 Å². The van der Waals surface area contributed by atoms with E-state index < -0.39 is 194 Å². The highest BCUT2D eigenvalue weighted by atomic mass is 35.5. The molecule has 3 heterocycles. The Balaban J connectivity index is 1.30. The molecule has 6 aromatic rings. The molecular formula is C52H47ClF10N7O12PS2. The summed E-state index contributed by atoms with van der Waals surface area (Å²) in [7, 11) is -9.32. The third-order valence-corrected chi connectivity index (χ3v) is 17.5. The van der Waals surface area contributed by atoms with Crippen LogP contribution in [0.3, 0.4) is 0 Å². The minimum absolute atomic E-state index is 0.109. The van der Waals surface area contributed by atoms with Gasteiger partial charge in [-0.25, -0.2) is 35.3 Å². The number of fused-ring (bicyclic) bond motifs is 4. The number of carbonyl (C=O) groups is 3. The molecule has 0 saturated heterocycles. The monoisotopic (exact) mass is 1280 g/mol. The number of carboxylic acid groups (broad SMARTS) is 1. The number of sulfone groups is 1. The molecule has 0 aliphatic heterocycles. The maximum Gasteiger partial charge on any atom is 0.524 e. The van der Waals surface area contributed by atoms with E-state index in [1.54, 1.807) is 0 Å². The van der Waals surface area contributed by atoms with E-state index in [-0.39, 0.29) is 48.9 Å². The van der Waals surface area contributed by atoms with E-state index in [4.69, 9.17) is 16.1 Å². The van der Waals surface area contributed by atoms with Crippen molar-refractivity contribution < 1.29 is 99.4 Å². The Hall–Kier alpha value is -6.94. The molecule has 0 radical (unpaired) electrons. The van der Waals surface area contributed by atoms with Crippen molar-refractivity contribution in [3.05, 3.63) is 128 Å². The predicted octanol–water partition coefficient (Wildman–Crippen LogP) is 9.22. The van der Waals surface area contributed by atoms with E-state index in [0.29, 0.717) is 10.7 Å². The van der Waals surface area contributed by atoms with Crippen LogP contribution in [0.4, 0.5) is 43.9 Å². The van der Waals surface area contributed by atoms with E-state index >= 15 is 8.78 Å². The lowest BCUT2D eigenvalue weighted by Gasteiger charge is -2.31. The number of phosphoric ester groups is 1. The highest BCUT2D eigenvalue weighted by Crippen LogP contribution is 2.68. The SMILES string of the molecule is CC(C)(CC(=O)N(Cc1nn(CC(F)(F)F)c2c(-c3ccc(C#CC(C)(C)S(C)(=O)=O)nc3C(Cc3cc(F)cc(F)c3)NC(=O)Cn3nc(C(F)(F)F)c4c3C(F)(F)[C@@H]3C[C@H]43)ccc(Cl)c12)S(=O)O)c1c(CC(=O)O)cccc1OP(=O)(O)O. The number of hydrogen-bond acceptors (Lipinski definition) is 11. The number of nitrogens with zero attached hydrogens (tertiary/aromatic N) is 6. The van der Waals surface area contributed by atoms with Gasteiger partial charge in [0.1, 0.15) is 46.6 Å². The Morgan fingerprint density at radius 1 is 0.976 bits per heavy atom. The van der Waals surface area contributed by atoms with Crippen LogP contribution in [0, 0.1) is 29.4 Å². The molecule has 4 atom stereocenters. The molecule has 8 rings (SSSR count). The van der Waals surface area contributed by atoms with E-state index in [2.05, 4.69) is 32.3 Å². The summed E-state index contributed by atoms with van der Waals surface area (Å²) in [5.41, 5.74) is -8.65. The summed E-state index contributed by atoms with van der Waals surface area (Å²) in [4.78, 5) is 64.4. The van der Waals surface area contributed by atoms with E-state index in [9.17, 15) is 86.1 Å². The second kappa shape index (κ2) is 22.7. The van der Waals surface area contributed by atoms with Gasteiger partial charge in [0, 0.05) is 57.7 Å². The molecule has 85 heavy (non-hydrogen) atoms. The molecule has 5 N–H and O–H groups in total. The van der Waals surface area contributed by atoms with Gasteiger partial charge in [0.25, 0.3) is 17.2 Å². The highest BCUT2D eigenvalue weighted by molar-refractivity contribution is 7.92. The summed E-state index contributed by atoms with van der Waals surface area (Å²) in [6, 6.07) is 8.21. The number of amides is 2. The fraction of sp³-hybridized carbons (Fsp3) is 0.385. The number of nitrogens with one attached hydrogen (secondary N) is 1. The van der Waals surface area contributed by atoms with Gasteiger partial charge in [0.05, 0.1) is 40.9 Å². The third-order valence-electron chi connectivity index (χ3n) is 14.1. The maximum absolute atomic E-state index is 15.7. The number of carboxylic acids is 1. The summed E-state index contributed by atoms with van der Waals surface area (Å²) >= 11 is 3.37. The zero-order valence-corrected chi connectivity index (χ0v) is 47.9. The predicted molar refractivity (Wildman–Crippen MR) is 282 cm³/mol. The molecule has 19 nitrogen and oxygen atoms in total. The average molecular weight is 1280 g/mol. The maximum atomic E-state index is 15.7. The van der Waals surface area contributed by atoms with Crippen molar-refractivity contribution in [2.45, 2.75) is 113 Å². The summed E-state index contributed by atoms with van der Waals surface area (Å²) in [5.74, 6) is -8.53. The Morgan fingerprint density at radius 2 is 1.62 bits per heavy atom. The minimum Gasteiger partial charge on any atom is -0.481 e. The molecule has 3 aromatic carbocycles. The standard InChI is InChI=1S/C52H47ClF10N7O12PS2/c1-48(2,43-26(18-40(73)74)7-6-8-37(43)82-83(75,76)77)21-39(72)70(84(78)79)22-36-42-34(53)12-11-31(45(42)69(66-36)24-50(56,57)58)30-10-9-29(13-14-49(3,4)85(5,80)81)64-44(30)35(17-25-15-27(54)19-28(55)16-25)65-38(71)23-68-47-41(46(67-68)52(61,62)63)32-20-33(32)51(47,59)60/h6-12,15-16,19,32-33,35H,17-18,20-24H2,1-5H3,(H,65,71)(H,73,74)(H,78,79)(H2,75,76,77)/t32-,33+,35?/m0/s1. The first-order chi connectivity index (χ1) is 39.1. The number of rotatable bonds is 19. The van der Waals surface area contributed by atoms with Gasteiger partial charge in [-0.05, 0) is 86.1 Å². The molecule has 2 unspecified atom stereocenters. The van der Waals surface area contributed by atoms with Gasteiger partial charge in [0.15, 0.2) is 15.5 Å². The van der Waals surface area contributed by atoms with Crippen molar-refractivity contribution in [3.63, 3.8) is 0 Å². The highest BCUT2D eigenvalue weighted by Gasteiger charge is 2.68. The molecule has 456 valence electrons. The quantitative estimate of drug-likeness (QED) is 0.0219. The Bertz CT molecular complexity index is 3970. The summed E-state index contributed by atoms with van der Waals surface area (Å²) in [5, 5.41) is 18.7. The zero-order chi connectivity index (χ0) is 63.1. The molecule has 2 amide bonds. The summed E-state index contributed by atoms with van der Waals surface area (Å²) in [6.07, 6.45) is -12.3. The van der Waals surface area contributed by atoms with Crippen LogP contribution in [0.25, 0.3) is 22.0 Å². The lowest BCUT2D eigenvalue weighted by atomic mass is 9.77. The summed E-state index contributed by atoms with van der Waals surface area (Å²) in [6.45, 7) is 0.567. The number of aliphatic carboxylic acids is 1. The van der Waals surface area contributed by atoms with Gasteiger partial charge in [-0.1, -0.05) is 49.6 Å². The number of pyridine rings is 1. The normalized spacial score (nSPS) is 16.7. The van der Waals surface area contributed by atoms with Gasteiger partial charge in [-0.3, -0.25) is 38.1 Å². The van der Waals surface area contributed by atoms with Gasteiger partial charge in [-0.2, -0.15) is 45.3 Å². The smallest absolute Gasteiger partial charge is 0.481 e. The van der Waals surface area contributed by atoms with Crippen molar-refractivity contribution in [1.82, 2.24) is 34.2 Å². The van der Waals surface area contributed by atoms with Crippen LogP contribution in [0.5, 0.6) is 5.75 Å². The van der Waals surface area contributed by atoms with Gasteiger partial charge >= 0.3 is 26.1 Å². The molecule has 1 fully saturated rings. The van der Waals surface area contributed by atoms with Crippen molar-refractivity contribution in [2.75, 3.05) is 6.26 Å². The van der Waals surface area contributed by atoms with Crippen LogP contribution < -0.4 is 9.84 Å². The van der Waals surface area contributed by atoms with Gasteiger partial charge in [0.2, 0.25) is 11.8 Å². The minimum atomic E-state index is -5.37. The van der Waals surface area contributed by atoms with E-state index in [0.717, 1.165) is 48.7 Å². The molecule has 2 aliphatic carbocycles. The fourth-order valence-electron chi connectivity index (χ4n) is 10.2. The topological polar surface area (TPSA) is 273 Å². The first-order valence-electron chi connectivity index (χ1n) is 24.9. The molecule has 2 aliphatic rings. The number of halogens is 11. The second-order valence-electron chi connectivity index (χ2n) is 21.3. The molecule has 3 aromatic heterocycles. The number of hydrogen-bond donors (Lipinski definition) is 5. The number of phosphoric acid groups is 1. The van der Waals surface area contributed by atoms with Crippen LogP contribution in [0.2, 0.25) is 5.02 Å². The Morgan fingerprint density at radius 3 is 2.21 bits per heavy atom. The summed E-state index contributed by atoms with van der Waals surface area (Å²) < 4.78 is 214. The van der Waals surface area contributed by atoms with Crippen LogP contribution in [-0.2, 0) is 90.0 Å². The molecule has 33 heteroatoms. The largest absolute Gasteiger partial charge is 0.524 e. The molecule has 1 saturated carbocycles. The van der Waals surface area contributed by atoms with Crippen molar-refractivity contribution in [2.24, 2.45) is 5.92 Å². The van der Waals surface area contributed by atoms with Crippen molar-refractivity contribution in [1.29, 1.82) is 0 Å². The van der Waals surface area contributed by atoms with Crippen LogP contribution in [0.15, 0.2) is 60.7 Å². The van der Waals surface area contributed by atoms with Crippen LogP contribution in [-0.4, -0.2) is 95.9 Å². The molecule has 0 spiro atoms. The lowest BCUT2D eigenvalue weighted by molar-refractivity contribution is -0.143. The molecule has 0 bridgehead atoms. The number of benzene rings is 3. The Kier molecular flexibility index (Phi) is 17.1. The zero-order valence-electron chi connectivity index (χ0n) is 44.6. The first kappa shape index (κ1) is 64.1. The second-order valence-corrected chi connectivity index (χ2v) is 26.3. The van der Waals surface area contributed by atoms with Crippen molar-refractivity contribution in [3.8, 4) is 28.7 Å². The lowest BCUT2D eigenvalue weighted by Crippen LogP contribution is -2.37. The van der Waals surface area contributed by atoms with Crippen LogP contribution in [0.1, 0.15) is 103 Å². The number of aromatic nitrogens is 5. The third kappa shape index (κ3) is 13.8.